The predicted molar refractivity (Wildman–Crippen MR) is 79.5 cm³/mol. The van der Waals surface area contributed by atoms with Gasteiger partial charge in [-0.1, -0.05) is 24.3 Å². The molecule has 2 heteroatoms. The van der Waals surface area contributed by atoms with Crippen molar-refractivity contribution >= 4 is 0 Å². The molecule has 2 aliphatic heterocycles. The zero-order valence-corrected chi connectivity index (χ0v) is 11.8. The smallest absolute Gasteiger partial charge is 0.117 e. The number of piperidine rings is 1. The van der Waals surface area contributed by atoms with E-state index in [1.807, 2.05) is 6.07 Å². The van der Waals surface area contributed by atoms with Crippen LogP contribution < -0.4 is 0 Å². The Labute approximate surface area is 120 Å². The van der Waals surface area contributed by atoms with Crippen molar-refractivity contribution in [3.63, 3.8) is 0 Å². The molecular weight excluding hydrogens is 246 g/mol. The second-order valence-corrected chi connectivity index (χ2v) is 6.28. The van der Waals surface area contributed by atoms with E-state index in [4.69, 9.17) is 4.42 Å². The van der Waals surface area contributed by atoms with Crippen LogP contribution in [0, 0.1) is 5.92 Å². The lowest BCUT2D eigenvalue weighted by Gasteiger charge is -2.42. The van der Waals surface area contributed by atoms with Gasteiger partial charge in [-0.15, -0.1) is 0 Å². The standard InChI is InChI=1S/C18H21NO/c1-2-5-16-11-17-8-7-14(10-15(16)4-1)12-19(17)13-18-6-3-9-20-18/h1-6,9,14,17H,7-8,10-13H2/t14-,17+/m0/s1. The molecule has 0 N–H and O–H groups in total. The number of hydrogen-bond donors (Lipinski definition) is 0. The number of hydrogen-bond acceptors (Lipinski definition) is 2. The van der Waals surface area contributed by atoms with Gasteiger partial charge in [-0.05, 0) is 54.9 Å². The lowest BCUT2D eigenvalue weighted by molar-refractivity contribution is 0.0867. The van der Waals surface area contributed by atoms with E-state index in [1.54, 1.807) is 17.4 Å². The Morgan fingerprint density at radius 1 is 1.00 bits per heavy atom. The fraction of sp³-hybridized carbons (Fsp3) is 0.444. The van der Waals surface area contributed by atoms with Crippen LogP contribution in [0.2, 0.25) is 0 Å². The van der Waals surface area contributed by atoms with Crippen molar-refractivity contribution in [1.82, 2.24) is 4.90 Å². The lowest BCUT2D eigenvalue weighted by atomic mass is 9.80. The second-order valence-electron chi connectivity index (χ2n) is 6.28. The number of rotatable bonds is 2. The van der Waals surface area contributed by atoms with E-state index in [-0.39, 0.29) is 0 Å². The molecule has 2 atom stereocenters. The minimum Gasteiger partial charge on any atom is -0.468 e. The summed E-state index contributed by atoms with van der Waals surface area (Å²) in [7, 11) is 0. The van der Waals surface area contributed by atoms with Crippen molar-refractivity contribution in [3.05, 3.63) is 59.5 Å². The first-order chi connectivity index (χ1) is 9.88. The van der Waals surface area contributed by atoms with Crippen LogP contribution in [-0.2, 0) is 19.4 Å². The SMILES string of the molecule is c1coc(CN2C[C@H]3CC[C@@H]2Cc2ccccc2C3)c1. The van der Waals surface area contributed by atoms with Gasteiger partial charge < -0.3 is 4.42 Å². The molecule has 2 nitrogen and oxygen atoms in total. The van der Waals surface area contributed by atoms with Gasteiger partial charge in [-0.3, -0.25) is 4.90 Å². The number of fused-ring (bicyclic) bond motifs is 2. The third kappa shape index (κ3) is 2.29. The van der Waals surface area contributed by atoms with Crippen LogP contribution >= 0.6 is 0 Å². The van der Waals surface area contributed by atoms with Crippen LogP contribution in [0.15, 0.2) is 47.1 Å². The van der Waals surface area contributed by atoms with Gasteiger partial charge in [0.05, 0.1) is 12.8 Å². The summed E-state index contributed by atoms with van der Waals surface area (Å²) in [5, 5.41) is 0. The first-order valence-electron chi connectivity index (χ1n) is 7.72. The number of nitrogens with zero attached hydrogens (tertiary/aromatic N) is 1. The van der Waals surface area contributed by atoms with Crippen molar-refractivity contribution in [1.29, 1.82) is 0 Å². The zero-order valence-electron chi connectivity index (χ0n) is 11.8. The highest BCUT2D eigenvalue weighted by molar-refractivity contribution is 5.29. The molecule has 0 unspecified atom stereocenters. The van der Waals surface area contributed by atoms with Crippen LogP contribution in [0.25, 0.3) is 0 Å². The molecule has 1 saturated heterocycles. The van der Waals surface area contributed by atoms with E-state index in [1.165, 1.54) is 32.2 Å². The molecule has 3 aliphatic rings. The van der Waals surface area contributed by atoms with E-state index in [9.17, 15) is 0 Å². The van der Waals surface area contributed by atoms with Crippen LogP contribution in [0.4, 0.5) is 0 Å². The maximum Gasteiger partial charge on any atom is 0.117 e. The van der Waals surface area contributed by atoms with Gasteiger partial charge in [0.15, 0.2) is 0 Å². The molecule has 2 aromatic rings. The molecule has 0 saturated carbocycles. The van der Waals surface area contributed by atoms with E-state index < -0.39 is 0 Å². The van der Waals surface area contributed by atoms with Crippen molar-refractivity contribution in [2.45, 2.75) is 38.3 Å². The minimum atomic E-state index is 0.679. The fourth-order valence-corrected chi connectivity index (χ4v) is 3.90. The Morgan fingerprint density at radius 2 is 1.85 bits per heavy atom. The summed E-state index contributed by atoms with van der Waals surface area (Å²) >= 11 is 0. The Bertz CT molecular complexity index is 575. The van der Waals surface area contributed by atoms with E-state index in [2.05, 4.69) is 35.2 Å². The average molecular weight is 267 g/mol. The molecule has 0 radical (unpaired) electrons. The fourth-order valence-electron chi connectivity index (χ4n) is 3.90. The summed E-state index contributed by atoms with van der Waals surface area (Å²) in [5.74, 6) is 1.91. The van der Waals surface area contributed by atoms with Crippen LogP contribution in [0.1, 0.15) is 29.7 Å². The summed E-state index contributed by atoms with van der Waals surface area (Å²) in [4.78, 5) is 2.64. The van der Waals surface area contributed by atoms with E-state index >= 15 is 0 Å². The molecule has 0 amide bonds. The van der Waals surface area contributed by atoms with Crippen LogP contribution in [0.5, 0.6) is 0 Å². The third-order valence-corrected chi connectivity index (χ3v) is 4.94. The van der Waals surface area contributed by atoms with E-state index in [0.717, 1.165) is 18.2 Å². The monoisotopic (exact) mass is 267 g/mol. The third-order valence-electron chi connectivity index (χ3n) is 4.94. The Hall–Kier alpha value is -1.54. The van der Waals surface area contributed by atoms with Crippen molar-refractivity contribution in [2.24, 2.45) is 5.92 Å². The Morgan fingerprint density at radius 3 is 2.65 bits per heavy atom. The maximum absolute atomic E-state index is 5.54. The molecule has 104 valence electrons. The number of benzene rings is 1. The van der Waals surface area contributed by atoms with Gasteiger partial charge in [0.2, 0.25) is 0 Å². The molecular formula is C18H21NO. The van der Waals surface area contributed by atoms with Gasteiger partial charge in [0, 0.05) is 12.6 Å². The quantitative estimate of drug-likeness (QED) is 0.825. The van der Waals surface area contributed by atoms with E-state index in [0.29, 0.717) is 6.04 Å². The average Bonchev–Trinajstić information content (AvgIpc) is 2.93. The van der Waals surface area contributed by atoms with Crippen LogP contribution in [0.3, 0.4) is 0 Å². The summed E-state index contributed by atoms with van der Waals surface area (Å²) < 4.78 is 5.54. The first kappa shape index (κ1) is 12.2. The molecule has 3 heterocycles. The molecule has 1 aromatic heterocycles. The Balaban J connectivity index is 1.60. The molecule has 1 aliphatic carbocycles. The minimum absolute atomic E-state index is 0.679. The van der Waals surface area contributed by atoms with Crippen molar-refractivity contribution in [3.8, 4) is 0 Å². The molecule has 2 bridgehead atoms. The van der Waals surface area contributed by atoms with Gasteiger partial charge in [-0.25, -0.2) is 0 Å². The zero-order chi connectivity index (χ0) is 13.4. The highest BCUT2D eigenvalue weighted by atomic mass is 16.3. The normalized spacial score (nSPS) is 26.0. The molecule has 0 spiro atoms. The topological polar surface area (TPSA) is 16.4 Å². The van der Waals surface area contributed by atoms with Gasteiger partial charge in [-0.2, -0.15) is 0 Å². The summed E-state index contributed by atoms with van der Waals surface area (Å²) in [6.07, 6.45) is 6.95. The first-order valence-corrected chi connectivity index (χ1v) is 7.72. The molecule has 1 fully saturated rings. The summed E-state index contributed by atoms with van der Waals surface area (Å²) in [5.41, 5.74) is 3.14. The van der Waals surface area contributed by atoms with Crippen LogP contribution in [-0.4, -0.2) is 17.5 Å². The second kappa shape index (κ2) is 5.10. The molecule has 20 heavy (non-hydrogen) atoms. The highest BCUT2D eigenvalue weighted by Crippen LogP contribution is 2.32. The van der Waals surface area contributed by atoms with Gasteiger partial charge in [0.1, 0.15) is 5.76 Å². The van der Waals surface area contributed by atoms with Crippen molar-refractivity contribution < 1.29 is 4.42 Å². The summed E-state index contributed by atoms with van der Waals surface area (Å²) in [6, 6.07) is 13.8. The van der Waals surface area contributed by atoms with Gasteiger partial charge in [0.25, 0.3) is 0 Å². The largest absolute Gasteiger partial charge is 0.468 e. The highest BCUT2D eigenvalue weighted by Gasteiger charge is 2.32. The maximum atomic E-state index is 5.54. The molecule has 1 aromatic carbocycles. The lowest BCUT2D eigenvalue weighted by Crippen LogP contribution is -2.46. The van der Waals surface area contributed by atoms with Crippen molar-refractivity contribution in [2.75, 3.05) is 6.54 Å². The Kier molecular flexibility index (Phi) is 3.12. The summed E-state index contributed by atoms with van der Waals surface area (Å²) in [6.45, 7) is 2.19. The predicted octanol–water partition coefficient (Wildman–Crippen LogP) is 3.66. The number of furan rings is 1. The molecule has 5 rings (SSSR count). The van der Waals surface area contributed by atoms with Gasteiger partial charge >= 0.3 is 0 Å².